The molecule has 1 aromatic carbocycles. The van der Waals surface area contributed by atoms with Crippen LogP contribution in [0.3, 0.4) is 0 Å². The molecule has 0 saturated carbocycles. The first-order chi connectivity index (χ1) is 12.1. The van der Waals surface area contributed by atoms with E-state index < -0.39 is 0 Å². The quantitative estimate of drug-likeness (QED) is 0.750. The lowest BCUT2D eigenvalue weighted by molar-refractivity contribution is 0.206. The highest BCUT2D eigenvalue weighted by Gasteiger charge is 2.34. The number of nitrogens with one attached hydrogen (secondary N) is 1. The van der Waals surface area contributed by atoms with Crippen LogP contribution < -0.4 is 5.32 Å². The van der Waals surface area contributed by atoms with Crippen LogP contribution >= 0.6 is 11.7 Å². The van der Waals surface area contributed by atoms with Gasteiger partial charge in [0.15, 0.2) is 0 Å². The molecule has 7 nitrogen and oxygen atoms in total. The van der Waals surface area contributed by atoms with Gasteiger partial charge in [0.1, 0.15) is 16.8 Å². The molecule has 130 valence electrons. The topological polar surface area (TPSA) is 84.2 Å². The van der Waals surface area contributed by atoms with Gasteiger partial charge in [-0.25, -0.2) is 4.79 Å². The van der Waals surface area contributed by atoms with Crippen molar-refractivity contribution in [1.29, 1.82) is 0 Å². The van der Waals surface area contributed by atoms with Gasteiger partial charge in [0.25, 0.3) is 0 Å². The number of fused-ring (bicyclic) bond motifs is 1. The van der Waals surface area contributed by atoms with Crippen LogP contribution in [0.1, 0.15) is 41.5 Å². The Kier molecular flexibility index (Phi) is 3.91. The molecule has 3 heterocycles. The Morgan fingerprint density at radius 1 is 1.32 bits per heavy atom. The molecule has 0 aliphatic carbocycles. The lowest BCUT2D eigenvalue weighted by Crippen LogP contribution is -2.35. The smallest absolute Gasteiger partial charge is 0.322 e. The number of rotatable bonds is 2. The van der Waals surface area contributed by atoms with Gasteiger partial charge < -0.3 is 14.7 Å². The molecule has 1 fully saturated rings. The summed E-state index contributed by atoms with van der Waals surface area (Å²) in [6.45, 7) is 6.50. The van der Waals surface area contributed by atoms with Crippen LogP contribution in [0.4, 0.5) is 10.5 Å². The highest BCUT2D eigenvalue weighted by molar-refractivity contribution is 7.00. The normalized spacial score (nSPS) is 17.4. The van der Waals surface area contributed by atoms with Crippen molar-refractivity contribution in [2.45, 2.75) is 39.7 Å². The number of carbonyl (C=O) groups is 1. The zero-order valence-electron chi connectivity index (χ0n) is 14.4. The van der Waals surface area contributed by atoms with E-state index in [1.165, 1.54) is 0 Å². The number of anilines is 1. The molecule has 1 saturated heterocycles. The molecule has 0 unspecified atom stereocenters. The number of aromatic nitrogens is 3. The molecule has 0 radical (unpaired) electrons. The average Bonchev–Trinajstić information content (AvgIpc) is 3.30. The molecule has 1 aliphatic rings. The van der Waals surface area contributed by atoms with E-state index in [9.17, 15) is 4.79 Å². The van der Waals surface area contributed by atoms with Crippen LogP contribution in [0.15, 0.2) is 16.7 Å². The Morgan fingerprint density at radius 2 is 2.16 bits per heavy atom. The van der Waals surface area contributed by atoms with Crippen LogP contribution in [0.25, 0.3) is 11.0 Å². The molecule has 8 heteroatoms. The first-order valence-corrected chi connectivity index (χ1v) is 9.01. The maximum absolute atomic E-state index is 13.0. The van der Waals surface area contributed by atoms with Gasteiger partial charge in [-0.05, 0) is 45.2 Å². The lowest BCUT2D eigenvalue weighted by Gasteiger charge is -2.25. The molecule has 1 atom stereocenters. The minimum absolute atomic E-state index is 0.000631. The van der Waals surface area contributed by atoms with Crippen molar-refractivity contribution < 1.29 is 9.32 Å². The van der Waals surface area contributed by atoms with E-state index in [4.69, 9.17) is 4.52 Å². The Morgan fingerprint density at radius 3 is 2.92 bits per heavy atom. The number of nitrogens with zero attached hydrogens (tertiary/aromatic N) is 4. The fourth-order valence-corrected chi connectivity index (χ4v) is 4.11. The molecule has 4 rings (SSSR count). The molecule has 3 aromatic rings. The summed E-state index contributed by atoms with van der Waals surface area (Å²) in [5, 5.41) is 7.09. The van der Waals surface area contributed by atoms with Crippen molar-refractivity contribution >= 4 is 34.5 Å². The second-order valence-electron chi connectivity index (χ2n) is 6.41. The number of aryl methyl sites for hydroxylation is 3. The highest BCUT2D eigenvalue weighted by Crippen LogP contribution is 2.36. The summed E-state index contributed by atoms with van der Waals surface area (Å²) in [6.07, 6.45) is 1.88. The van der Waals surface area contributed by atoms with Crippen molar-refractivity contribution in [2.24, 2.45) is 0 Å². The van der Waals surface area contributed by atoms with E-state index in [1.807, 2.05) is 37.8 Å². The SMILES string of the molecule is Cc1ccc2nsnc2c1NC(=O)N1CCC[C@@H]1c1c(C)noc1C. The fourth-order valence-electron chi connectivity index (χ4n) is 3.56. The Hall–Kier alpha value is -2.48. The van der Waals surface area contributed by atoms with Gasteiger partial charge in [0, 0.05) is 12.1 Å². The van der Waals surface area contributed by atoms with E-state index >= 15 is 0 Å². The number of carbonyl (C=O) groups excluding carboxylic acids is 1. The van der Waals surface area contributed by atoms with Crippen molar-refractivity contribution in [1.82, 2.24) is 18.8 Å². The third-order valence-corrected chi connectivity index (χ3v) is 5.35. The summed E-state index contributed by atoms with van der Waals surface area (Å²) in [7, 11) is 0. The minimum atomic E-state index is -0.119. The Bertz CT molecular complexity index is 928. The third kappa shape index (κ3) is 2.66. The van der Waals surface area contributed by atoms with Crippen molar-refractivity contribution in [3.05, 3.63) is 34.7 Å². The van der Waals surface area contributed by atoms with Crippen LogP contribution in [0.5, 0.6) is 0 Å². The lowest BCUT2D eigenvalue weighted by atomic mass is 10.0. The second kappa shape index (κ2) is 6.11. The zero-order chi connectivity index (χ0) is 17.6. The molecule has 0 spiro atoms. The van der Waals surface area contributed by atoms with Crippen LogP contribution in [0, 0.1) is 20.8 Å². The average molecular weight is 357 g/mol. The standard InChI is InChI=1S/C17H19N5O2S/c1-9-6-7-12-16(21-25-20-12)15(9)18-17(23)22-8-4-5-13(22)14-10(2)19-24-11(14)3/h6-7,13H,4-5,8H2,1-3H3,(H,18,23)/t13-/m1/s1. The number of urea groups is 1. The minimum Gasteiger partial charge on any atom is -0.361 e. The number of likely N-dealkylation sites (tertiary alicyclic amines) is 1. The Balaban J connectivity index is 1.64. The largest absolute Gasteiger partial charge is 0.361 e. The number of hydrogen-bond acceptors (Lipinski definition) is 6. The first kappa shape index (κ1) is 16.0. The van der Waals surface area contributed by atoms with Crippen molar-refractivity contribution in [3.63, 3.8) is 0 Å². The van der Waals surface area contributed by atoms with Gasteiger partial charge in [-0.3, -0.25) is 0 Å². The van der Waals surface area contributed by atoms with Gasteiger partial charge in [-0.15, -0.1) is 0 Å². The number of amides is 2. The summed E-state index contributed by atoms with van der Waals surface area (Å²) >= 11 is 1.15. The van der Waals surface area contributed by atoms with Gasteiger partial charge in [-0.1, -0.05) is 11.2 Å². The molecular formula is C17H19N5O2S. The van der Waals surface area contributed by atoms with Crippen LogP contribution in [0.2, 0.25) is 0 Å². The maximum atomic E-state index is 13.0. The summed E-state index contributed by atoms with van der Waals surface area (Å²) in [6, 6.07) is 3.76. The summed E-state index contributed by atoms with van der Waals surface area (Å²) in [5.74, 6) is 0.782. The molecular weight excluding hydrogens is 338 g/mol. The maximum Gasteiger partial charge on any atom is 0.322 e. The van der Waals surface area contributed by atoms with Gasteiger partial charge in [0.05, 0.1) is 29.2 Å². The second-order valence-corrected chi connectivity index (χ2v) is 6.94. The van der Waals surface area contributed by atoms with Gasteiger partial charge >= 0.3 is 6.03 Å². The van der Waals surface area contributed by atoms with E-state index in [0.29, 0.717) is 6.54 Å². The molecule has 1 N–H and O–H groups in total. The molecule has 2 aromatic heterocycles. The van der Waals surface area contributed by atoms with Crippen LogP contribution in [-0.2, 0) is 0 Å². The third-order valence-electron chi connectivity index (χ3n) is 4.80. The van der Waals surface area contributed by atoms with E-state index in [-0.39, 0.29) is 12.1 Å². The van der Waals surface area contributed by atoms with Gasteiger partial charge in [-0.2, -0.15) is 8.75 Å². The predicted molar refractivity (Wildman–Crippen MR) is 95.8 cm³/mol. The van der Waals surface area contributed by atoms with E-state index in [1.54, 1.807) is 0 Å². The number of hydrogen-bond donors (Lipinski definition) is 1. The van der Waals surface area contributed by atoms with Gasteiger partial charge in [0.2, 0.25) is 0 Å². The molecule has 25 heavy (non-hydrogen) atoms. The van der Waals surface area contributed by atoms with E-state index in [2.05, 4.69) is 19.2 Å². The molecule has 0 bridgehead atoms. The van der Waals surface area contributed by atoms with Crippen LogP contribution in [-0.4, -0.2) is 31.4 Å². The summed E-state index contributed by atoms with van der Waals surface area (Å²) in [5.41, 5.74) is 5.13. The predicted octanol–water partition coefficient (Wildman–Crippen LogP) is 3.97. The summed E-state index contributed by atoms with van der Waals surface area (Å²) < 4.78 is 13.9. The summed E-state index contributed by atoms with van der Waals surface area (Å²) in [4.78, 5) is 14.8. The van der Waals surface area contributed by atoms with Crippen molar-refractivity contribution in [3.8, 4) is 0 Å². The first-order valence-electron chi connectivity index (χ1n) is 8.28. The zero-order valence-corrected chi connectivity index (χ0v) is 15.2. The van der Waals surface area contributed by atoms with E-state index in [0.717, 1.165) is 63.9 Å². The molecule has 1 aliphatic heterocycles. The monoisotopic (exact) mass is 357 g/mol. The van der Waals surface area contributed by atoms with Crippen molar-refractivity contribution in [2.75, 3.05) is 11.9 Å². The highest BCUT2D eigenvalue weighted by atomic mass is 32.1. The fraction of sp³-hybridized carbons (Fsp3) is 0.412. The Labute approximate surface area is 149 Å². The molecule has 2 amide bonds. The number of benzene rings is 1.